The van der Waals surface area contributed by atoms with Crippen LogP contribution in [-0.2, 0) is 28.7 Å². The van der Waals surface area contributed by atoms with E-state index in [0.29, 0.717) is 32.1 Å². The Morgan fingerprint density at radius 3 is 2.17 bits per heavy atom. The molecule has 11 nitrogen and oxygen atoms in total. The first kappa shape index (κ1) is 42.0. The van der Waals surface area contributed by atoms with E-state index < -0.39 is 87.9 Å². The van der Waals surface area contributed by atoms with Crippen LogP contribution in [0.4, 0.5) is 4.39 Å². The molecule has 9 rings (SSSR count). The first-order valence-electron chi connectivity index (χ1n) is 21.3. The van der Waals surface area contributed by atoms with Gasteiger partial charge in [-0.2, -0.15) is 0 Å². The van der Waals surface area contributed by atoms with Gasteiger partial charge in [-0.15, -0.1) is 0 Å². The van der Waals surface area contributed by atoms with Crippen molar-refractivity contribution in [1.82, 2.24) is 0 Å². The number of alkyl halides is 1. The topological polar surface area (TPSA) is 188 Å². The van der Waals surface area contributed by atoms with Crippen LogP contribution in [0.1, 0.15) is 99.8 Å². The van der Waals surface area contributed by atoms with E-state index in [1.165, 1.54) is 12.2 Å². The number of ether oxygens (including phenoxy) is 2. The second-order valence-corrected chi connectivity index (χ2v) is 20.6. The fraction of sp³-hybridized carbons (Fsp3) is 0.739. The molecule has 0 bridgehead atoms. The Morgan fingerprint density at radius 2 is 1.50 bits per heavy atom. The van der Waals surface area contributed by atoms with E-state index in [9.17, 15) is 44.7 Å². The fourth-order valence-corrected chi connectivity index (χ4v) is 15.3. The van der Waals surface area contributed by atoms with Crippen molar-refractivity contribution < 1.29 is 58.6 Å². The zero-order chi connectivity index (χ0) is 42.4. The minimum Gasteiger partial charge on any atom is -0.393 e. The van der Waals surface area contributed by atoms with Gasteiger partial charge in [-0.25, -0.2) is 4.39 Å². The van der Waals surface area contributed by atoms with Gasteiger partial charge < -0.3 is 35.0 Å². The third-order valence-corrected chi connectivity index (χ3v) is 17.8. The number of hydrogen-bond acceptors (Lipinski definition) is 11. The lowest BCUT2D eigenvalue weighted by molar-refractivity contribution is -0.246. The van der Waals surface area contributed by atoms with E-state index in [-0.39, 0.29) is 53.0 Å². The molecular weight excluding hydrogens is 747 g/mol. The first-order chi connectivity index (χ1) is 26.9. The molecule has 6 saturated carbocycles. The molecule has 1 saturated heterocycles. The molecular formula is C46H61FO11. The van der Waals surface area contributed by atoms with Gasteiger partial charge >= 0.3 is 0 Å². The standard InChI is InChI=1S/C24H31FO6.C22H30O5/c1-20(2)30-19-10-16-15-6-5-13-9-14(27)7-8-21(13,3)23(15,25)17(28)11-22(16,4)24(19,31-20)18(29)12-26;1-12-8-14-15-5-7-22(27,18(26)11-23)21(15,3)10-17(25)19(14)20(2)6-4-13(24)9-16(12)20/h7-9,15-17,19,26,28H,5-6,10-12H2,1-4H3;4,6,9,12,14-15,17,19,23,25,27H,5,7-8,10-11H2,1-3H3/t15-,16-,17-,19+,21-,22-,23-,24+;12-,14-,15-,17-,19+,20-,21-,22-/m00/s1. The van der Waals surface area contributed by atoms with Gasteiger partial charge in [0, 0.05) is 33.5 Å². The van der Waals surface area contributed by atoms with E-state index in [1.807, 2.05) is 19.9 Å². The van der Waals surface area contributed by atoms with Crippen molar-refractivity contribution in [2.45, 2.75) is 141 Å². The predicted molar refractivity (Wildman–Crippen MR) is 208 cm³/mol. The van der Waals surface area contributed by atoms with Gasteiger partial charge in [0.05, 0.1) is 18.3 Å². The van der Waals surface area contributed by atoms with Gasteiger partial charge in [-0.3, -0.25) is 19.2 Å². The maximum absolute atomic E-state index is 17.1. The second-order valence-electron chi connectivity index (χ2n) is 20.6. The smallest absolute Gasteiger partial charge is 0.193 e. The molecule has 1 heterocycles. The highest BCUT2D eigenvalue weighted by Crippen LogP contribution is 2.73. The van der Waals surface area contributed by atoms with Crippen LogP contribution in [-0.4, -0.2) is 103 Å². The Labute approximate surface area is 339 Å². The zero-order valence-corrected chi connectivity index (χ0v) is 34.8. The fourth-order valence-electron chi connectivity index (χ4n) is 15.3. The largest absolute Gasteiger partial charge is 0.393 e. The van der Waals surface area contributed by atoms with E-state index in [1.54, 1.807) is 39.0 Å². The minimum atomic E-state index is -1.98. The van der Waals surface area contributed by atoms with Crippen LogP contribution in [0.2, 0.25) is 0 Å². The van der Waals surface area contributed by atoms with Crippen LogP contribution >= 0.6 is 0 Å². The summed E-state index contributed by atoms with van der Waals surface area (Å²) >= 11 is 0. The predicted octanol–water partition coefficient (Wildman–Crippen LogP) is 4.22. The summed E-state index contributed by atoms with van der Waals surface area (Å²) in [4.78, 5) is 49.5. The molecule has 0 unspecified atom stereocenters. The molecule has 318 valence electrons. The molecule has 0 aromatic rings. The third kappa shape index (κ3) is 5.14. The van der Waals surface area contributed by atoms with E-state index in [2.05, 4.69) is 13.8 Å². The van der Waals surface area contributed by atoms with Crippen LogP contribution in [0.25, 0.3) is 0 Å². The van der Waals surface area contributed by atoms with Crippen molar-refractivity contribution in [3.63, 3.8) is 0 Å². The molecule has 9 aliphatic rings. The number of halogens is 1. The molecule has 0 aromatic heterocycles. The summed E-state index contributed by atoms with van der Waals surface area (Å²) in [6.07, 6.45) is 10.9. The molecule has 5 N–H and O–H groups in total. The van der Waals surface area contributed by atoms with Crippen molar-refractivity contribution in [1.29, 1.82) is 0 Å². The van der Waals surface area contributed by atoms with Gasteiger partial charge in [0.2, 0.25) is 0 Å². The molecule has 0 radical (unpaired) electrons. The lowest BCUT2D eigenvalue weighted by Gasteiger charge is -2.62. The van der Waals surface area contributed by atoms with Gasteiger partial charge in [-0.05, 0) is 120 Å². The lowest BCUT2D eigenvalue weighted by Crippen LogP contribution is -2.70. The maximum Gasteiger partial charge on any atom is 0.193 e. The summed E-state index contributed by atoms with van der Waals surface area (Å²) in [6.45, 7) is 11.9. The van der Waals surface area contributed by atoms with Crippen LogP contribution in [0.5, 0.6) is 0 Å². The summed E-state index contributed by atoms with van der Waals surface area (Å²) in [7, 11) is 0. The van der Waals surface area contributed by atoms with E-state index in [0.717, 1.165) is 24.0 Å². The molecule has 1 aliphatic heterocycles. The van der Waals surface area contributed by atoms with Crippen LogP contribution in [0, 0.1) is 57.2 Å². The van der Waals surface area contributed by atoms with Crippen molar-refractivity contribution >= 4 is 23.1 Å². The van der Waals surface area contributed by atoms with Crippen molar-refractivity contribution in [3.8, 4) is 0 Å². The summed E-state index contributed by atoms with van der Waals surface area (Å²) in [5.41, 5.74) is -6.25. The number of fused-ring (bicyclic) bond motifs is 12. The summed E-state index contributed by atoms with van der Waals surface area (Å²) < 4.78 is 29.5. The third-order valence-electron chi connectivity index (χ3n) is 17.8. The van der Waals surface area contributed by atoms with Crippen molar-refractivity contribution in [3.05, 3.63) is 47.6 Å². The average molecular weight is 809 g/mol. The Morgan fingerprint density at radius 1 is 0.845 bits per heavy atom. The van der Waals surface area contributed by atoms with Crippen molar-refractivity contribution in [2.24, 2.45) is 57.2 Å². The second kappa shape index (κ2) is 13.1. The maximum atomic E-state index is 17.1. The highest BCUT2D eigenvalue weighted by Gasteiger charge is 2.80. The normalized spacial score (nSPS) is 51.7. The number of Topliss-reactive ketones (excluding diaryl/α,β-unsaturated/α-hetero) is 2. The Bertz CT molecular complexity index is 1950. The summed E-state index contributed by atoms with van der Waals surface area (Å²) in [5, 5.41) is 53.0. The molecule has 7 fully saturated rings. The van der Waals surface area contributed by atoms with Gasteiger partial charge in [-0.1, -0.05) is 51.0 Å². The molecule has 0 aromatic carbocycles. The molecule has 12 heteroatoms. The van der Waals surface area contributed by atoms with E-state index >= 15 is 4.39 Å². The summed E-state index contributed by atoms with van der Waals surface area (Å²) in [5.74, 6) is -2.53. The number of rotatable bonds is 4. The number of ketones is 4. The number of aliphatic hydroxyl groups excluding tert-OH is 4. The quantitative estimate of drug-likeness (QED) is 0.274. The first-order valence-corrected chi connectivity index (χ1v) is 21.3. The Balaban J connectivity index is 0.000000164. The average Bonchev–Trinajstić information content (AvgIpc) is 3.69. The number of hydrogen-bond donors (Lipinski definition) is 5. The lowest BCUT2D eigenvalue weighted by atomic mass is 9.44. The van der Waals surface area contributed by atoms with Crippen LogP contribution in [0.15, 0.2) is 47.6 Å². The number of allylic oxidation sites excluding steroid dienone is 8. The molecule has 16 atom stereocenters. The van der Waals surface area contributed by atoms with Crippen LogP contribution < -0.4 is 0 Å². The van der Waals surface area contributed by atoms with Crippen molar-refractivity contribution in [2.75, 3.05) is 13.2 Å². The Kier molecular flexibility index (Phi) is 9.52. The molecule has 0 amide bonds. The molecule has 8 aliphatic carbocycles. The highest BCUT2D eigenvalue weighted by molar-refractivity contribution is 6.02. The SMILES string of the molecule is CC1(C)O[C@@H]2C[C@H]3[C@@H]4CCC5=CC(=O)C=C[C@]5(C)[C@@]4(F)[C@@H](O)C[C@]3(C)[C@]2(C(=O)CO)O1.C[C@H]1C[C@@H]2[C@H]([C@@H](O)C[C@@]3(C)[C@H]2CC[C@]3(O)C(=O)CO)[C@@]2(C)C=CC(=O)C=C12. The zero-order valence-electron chi connectivity index (χ0n) is 34.8. The molecule has 0 spiro atoms. The van der Waals surface area contributed by atoms with Gasteiger partial charge in [0.15, 0.2) is 40.2 Å². The van der Waals surface area contributed by atoms with E-state index in [4.69, 9.17) is 9.47 Å². The number of carbonyl (C=O) groups excluding carboxylic acids is 4. The number of carbonyl (C=O) groups is 4. The minimum absolute atomic E-state index is 0.00620. The summed E-state index contributed by atoms with van der Waals surface area (Å²) in [6, 6.07) is 0. The van der Waals surface area contributed by atoms with Crippen LogP contribution in [0.3, 0.4) is 0 Å². The Hall–Kier alpha value is -2.71. The number of aliphatic hydroxyl groups is 5. The van der Waals surface area contributed by atoms with Gasteiger partial charge in [0.25, 0.3) is 0 Å². The monoisotopic (exact) mass is 808 g/mol. The highest BCUT2D eigenvalue weighted by atomic mass is 19.1. The van der Waals surface area contributed by atoms with Gasteiger partial charge in [0.1, 0.15) is 18.8 Å². The molecule has 58 heavy (non-hydrogen) atoms.